The van der Waals surface area contributed by atoms with Crippen molar-refractivity contribution in [3.63, 3.8) is 0 Å². The summed E-state index contributed by atoms with van der Waals surface area (Å²) in [4.78, 5) is 37.6. The third-order valence-electron chi connectivity index (χ3n) is 4.60. The van der Waals surface area contributed by atoms with Crippen molar-refractivity contribution in [2.75, 3.05) is 16.8 Å². The van der Waals surface area contributed by atoms with Crippen LogP contribution in [0.5, 0.6) is 0 Å². The monoisotopic (exact) mass is 394 g/mol. The second kappa shape index (κ2) is 9.23. The fourth-order valence-corrected chi connectivity index (χ4v) is 3.12. The Morgan fingerprint density at radius 3 is 2.31 bits per heavy atom. The van der Waals surface area contributed by atoms with Gasteiger partial charge < -0.3 is 20.9 Å². The molecule has 152 valence electrons. The molecule has 3 N–H and O–H groups in total. The number of hydrogen-bond donors (Lipinski definition) is 3. The number of benzene rings is 2. The predicted octanol–water partition coefficient (Wildman–Crippen LogP) is 3.27. The maximum absolute atomic E-state index is 12.5. The van der Waals surface area contributed by atoms with Crippen LogP contribution >= 0.6 is 0 Å². The van der Waals surface area contributed by atoms with Gasteiger partial charge in [-0.1, -0.05) is 12.1 Å². The highest BCUT2D eigenvalue weighted by molar-refractivity contribution is 6.04. The Balaban J connectivity index is 1.54. The Bertz CT molecular complexity index is 876. The number of rotatable bonds is 6. The number of carbonyl (C=O) groups is 3. The quantitative estimate of drug-likeness (QED) is 0.702. The van der Waals surface area contributed by atoms with Gasteiger partial charge in [-0.15, -0.1) is 0 Å². The minimum absolute atomic E-state index is 0.0750. The Morgan fingerprint density at radius 2 is 1.72 bits per heavy atom. The normalized spacial score (nSPS) is 13.5. The number of nitrogens with one attached hydrogen (secondary N) is 3. The first kappa shape index (κ1) is 20.4. The van der Waals surface area contributed by atoms with Gasteiger partial charge in [-0.25, -0.2) is 4.79 Å². The molecule has 2 aromatic rings. The Kier molecular flexibility index (Phi) is 6.49. The molecule has 3 rings (SSSR count). The van der Waals surface area contributed by atoms with Gasteiger partial charge in [-0.05, 0) is 62.2 Å². The largest absolute Gasteiger partial charge is 0.336 e. The van der Waals surface area contributed by atoms with Crippen molar-refractivity contribution in [1.82, 2.24) is 10.6 Å². The zero-order valence-corrected chi connectivity index (χ0v) is 16.7. The van der Waals surface area contributed by atoms with Crippen LogP contribution in [0.15, 0.2) is 48.5 Å². The molecular weight excluding hydrogens is 368 g/mol. The highest BCUT2D eigenvalue weighted by atomic mass is 16.2. The Labute approximate surface area is 170 Å². The van der Waals surface area contributed by atoms with Crippen molar-refractivity contribution >= 4 is 29.2 Å². The number of nitrogens with zero attached hydrogens (tertiary/aromatic N) is 1. The van der Waals surface area contributed by atoms with Crippen LogP contribution in [0.25, 0.3) is 0 Å². The second-order valence-electron chi connectivity index (χ2n) is 7.33. The highest BCUT2D eigenvalue weighted by Crippen LogP contribution is 2.23. The van der Waals surface area contributed by atoms with Crippen LogP contribution < -0.4 is 20.9 Å². The minimum Gasteiger partial charge on any atom is -0.336 e. The zero-order chi connectivity index (χ0) is 20.8. The van der Waals surface area contributed by atoms with E-state index in [0.717, 1.165) is 24.2 Å². The van der Waals surface area contributed by atoms with E-state index in [1.165, 1.54) is 0 Å². The van der Waals surface area contributed by atoms with Gasteiger partial charge in [0.05, 0.1) is 0 Å². The van der Waals surface area contributed by atoms with Crippen LogP contribution in [0.3, 0.4) is 0 Å². The summed E-state index contributed by atoms with van der Waals surface area (Å²) in [6.07, 6.45) is 1.47. The molecule has 29 heavy (non-hydrogen) atoms. The molecule has 0 unspecified atom stereocenters. The van der Waals surface area contributed by atoms with Crippen LogP contribution in [-0.2, 0) is 11.3 Å². The molecule has 1 aliphatic rings. The SMILES string of the molecule is CC(C)NC(=O)NCc1ccc(C(=O)Nc2ccc(N3CCCC3=O)cc2)cc1. The summed E-state index contributed by atoms with van der Waals surface area (Å²) in [5.41, 5.74) is 2.95. The van der Waals surface area contributed by atoms with Crippen molar-refractivity contribution in [2.45, 2.75) is 39.3 Å². The lowest BCUT2D eigenvalue weighted by molar-refractivity contribution is -0.117. The lowest BCUT2D eigenvalue weighted by atomic mass is 10.1. The lowest BCUT2D eigenvalue weighted by Gasteiger charge is -2.16. The first-order chi connectivity index (χ1) is 13.9. The molecule has 1 heterocycles. The summed E-state index contributed by atoms with van der Waals surface area (Å²) in [6, 6.07) is 14.2. The molecule has 7 nitrogen and oxygen atoms in total. The predicted molar refractivity (Wildman–Crippen MR) is 113 cm³/mol. The first-order valence-electron chi connectivity index (χ1n) is 9.77. The number of hydrogen-bond acceptors (Lipinski definition) is 3. The molecule has 0 radical (unpaired) electrons. The van der Waals surface area contributed by atoms with E-state index in [1.54, 1.807) is 29.2 Å². The van der Waals surface area contributed by atoms with Crippen molar-refractivity contribution in [1.29, 1.82) is 0 Å². The third-order valence-corrected chi connectivity index (χ3v) is 4.60. The maximum Gasteiger partial charge on any atom is 0.315 e. The van der Waals surface area contributed by atoms with Crippen molar-refractivity contribution < 1.29 is 14.4 Å². The first-order valence-corrected chi connectivity index (χ1v) is 9.77. The number of anilines is 2. The third kappa shape index (κ3) is 5.57. The van der Waals surface area contributed by atoms with E-state index in [1.807, 2.05) is 38.1 Å². The Hall–Kier alpha value is -3.35. The van der Waals surface area contributed by atoms with Crippen LogP contribution in [0.4, 0.5) is 16.2 Å². The molecule has 0 aliphatic carbocycles. The lowest BCUT2D eigenvalue weighted by Crippen LogP contribution is -2.39. The molecule has 4 amide bonds. The molecular formula is C22H26N4O3. The molecule has 0 spiro atoms. The summed E-state index contributed by atoms with van der Waals surface area (Å²) in [7, 11) is 0. The van der Waals surface area contributed by atoms with Gasteiger partial charge in [-0.3, -0.25) is 9.59 Å². The molecule has 0 bridgehead atoms. The fourth-order valence-electron chi connectivity index (χ4n) is 3.12. The van der Waals surface area contributed by atoms with E-state index in [9.17, 15) is 14.4 Å². The molecule has 7 heteroatoms. The maximum atomic E-state index is 12.5. The van der Waals surface area contributed by atoms with E-state index in [4.69, 9.17) is 0 Å². The van der Waals surface area contributed by atoms with Gasteiger partial charge in [0, 0.05) is 42.5 Å². The van der Waals surface area contributed by atoms with Crippen molar-refractivity contribution in [2.24, 2.45) is 0 Å². The van der Waals surface area contributed by atoms with Crippen molar-refractivity contribution in [3.05, 3.63) is 59.7 Å². The molecule has 0 saturated carbocycles. The molecule has 0 aromatic heterocycles. The van der Waals surface area contributed by atoms with Gasteiger partial charge in [-0.2, -0.15) is 0 Å². The Morgan fingerprint density at radius 1 is 1.03 bits per heavy atom. The van der Waals surface area contributed by atoms with E-state index in [0.29, 0.717) is 24.2 Å². The second-order valence-corrected chi connectivity index (χ2v) is 7.33. The minimum atomic E-state index is -0.221. The van der Waals surface area contributed by atoms with Crippen LogP contribution in [0, 0.1) is 0 Å². The fraction of sp³-hybridized carbons (Fsp3) is 0.318. The molecule has 1 aliphatic heterocycles. The molecule has 1 fully saturated rings. The number of urea groups is 1. The zero-order valence-electron chi connectivity index (χ0n) is 16.7. The average Bonchev–Trinajstić information content (AvgIpc) is 3.13. The standard InChI is InChI=1S/C22H26N4O3/c1-15(2)24-22(29)23-14-16-5-7-17(8-6-16)21(28)25-18-9-11-19(12-10-18)26-13-3-4-20(26)27/h5-12,15H,3-4,13-14H2,1-2H3,(H,25,28)(H2,23,24,29). The van der Waals surface area contributed by atoms with Gasteiger partial charge in [0.25, 0.3) is 5.91 Å². The molecule has 1 saturated heterocycles. The summed E-state index contributed by atoms with van der Waals surface area (Å²) >= 11 is 0. The van der Waals surface area contributed by atoms with Gasteiger partial charge >= 0.3 is 6.03 Å². The van der Waals surface area contributed by atoms with Gasteiger partial charge in [0.15, 0.2) is 0 Å². The van der Waals surface area contributed by atoms with E-state index in [-0.39, 0.29) is 23.9 Å². The van der Waals surface area contributed by atoms with Crippen LogP contribution in [0.2, 0.25) is 0 Å². The van der Waals surface area contributed by atoms with E-state index >= 15 is 0 Å². The molecule has 0 atom stereocenters. The van der Waals surface area contributed by atoms with E-state index in [2.05, 4.69) is 16.0 Å². The van der Waals surface area contributed by atoms with Crippen molar-refractivity contribution in [3.8, 4) is 0 Å². The summed E-state index contributed by atoms with van der Waals surface area (Å²) in [6.45, 7) is 4.92. The summed E-state index contributed by atoms with van der Waals surface area (Å²) in [5, 5.41) is 8.39. The van der Waals surface area contributed by atoms with Crippen LogP contribution in [-0.4, -0.2) is 30.4 Å². The smallest absolute Gasteiger partial charge is 0.315 e. The van der Waals surface area contributed by atoms with Gasteiger partial charge in [0.2, 0.25) is 5.91 Å². The van der Waals surface area contributed by atoms with Gasteiger partial charge in [0.1, 0.15) is 0 Å². The number of carbonyl (C=O) groups excluding carboxylic acids is 3. The summed E-state index contributed by atoms with van der Waals surface area (Å²) in [5.74, 6) is -0.0786. The topological polar surface area (TPSA) is 90.5 Å². The average molecular weight is 394 g/mol. The molecule has 2 aromatic carbocycles. The summed E-state index contributed by atoms with van der Waals surface area (Å²) < 4.78 is 0. The van der Waals surface area contributed by atoms with Crippen LogP contribution in [0.1, 0.15) is 42.6 Å². The van der Waals surface area contributed by atoms with E-state index < -0.39 is 0 Å². The number of amides is 4. The highest BCUT2D eigenvalue weighted by Gasteiger charge is 2.21.